The maximum absolute atomic E-state index is 11.9. The summed E-state index contributed by atoms with van der Waals surface area (Å²) in [7, 11) is 3.51. The molecule has 0 fully saturated rings. The van der Waals surface area contributed by atoms with Crippen molar-refractivity contribution in [3.05, 3.63) is 45.9 Å². The second-order valence-electron chi connectivity index (χ2n) is 4.49. The molecule has 1 aromatic carbocycles. The Kier molecular flexibility index (Phi) is 4.16. The van der Waals surface area contributed by atoms with Gasteiger partial charge in [0.05, 0.1) is 17.7 Å². The van der Waals surface area contributed by atoms with Crippen LogP contribution < -0.4 is 5.32 Å². The fourth-order valence-corrected chi connectivity index (χ4v) is 2.42. The summed E-state index contributed by atoms with van der Waals surface area (Å²) in [6.07, 6.45) is 0. The molecule has 4 nitrogen and oxygen atoms in total. The van der Waals surface area contributed by atoms with E-state index in [0.717, 1.165) is 17.9 Å². The number of aromatic nitrogens is 1. The molecule has 2 rings (SSSR count). The molecule has 0 saturated heterocycles. The minimum Gasteiger partial charge on any atom is -0.380 e. The number of thiazole rings is 1. The number of carbonyl (C=O) groups is 1. The molecule has 1 amide bonds. The second kappa shape index (κ2) is 5.84. The highest BCUT2D eigenvalue weighted by Gasteiger charge is 2.08. The first-order chi connectivity index (χ1) is 9.08. The Morgan fingerprint density at radius 2 is 2.21 bits per heavy atom. The lowest BCUT2D eigenvalue weighted by Gasteiger charge is -2.12. The van der Waals surface area contributed by atoms with Crippen LogP contribution in [0.3, 0.4) is 0 Å². The maximum atomic E-state index is 11.9. The maximum Gasteiger partial charge on any atom is 0.253 e. The van der Waals surface area contributed by atoms with E-state index in [9.17, 15) is 4.79 Å². The molecule has 19 heavy (non-hydrogen) atoms. The van der Waals surface area contributed by atoms with Crippen LogP contribution in [0.1, 0.15) is 20.9 Å². The van der Waals surface area contributed by atoms with E-state index in [2.05, 4.69) is 10.3 Å². The Morgan fingerprint density at radius 1 is 1.42 bits per heavy atom. The Labute approximate surface area is 117 Å². The molecule has 0 spiro atoms. The fraction of sp³-hybridized carbons (Fsp3) is 0.286. The number of amides is 1. The molecule has 0 bridgehead atoms. The zero-order valence-corrected chi connectivity index (χ0v) is 12.1. The molecule has 1 heterocycles. The summed E-state index contributed by atoms with van der Waals surface area (Å²) >= 11 is 1.64. The third-order valence-electron chi connectivity index (χ3n) is 2.81. The van der Waals surface area contributed by atoms with Gasteiger partial charge in [-0.15, -0.1) is 11.3 Å². The van der Waals surface area contributed by atoms with Crippen LogP contribution in [-0.2, 0) is 6.54 Å². The molecule has 0 aliphatic heterocycles. The summed E-state index contributed by atoms with van der Waals surface area (Å²) in [4.78, 5) is 18.9. The lowest BCUT2D eigenvalue weighted by molar-refractivity contribution is 0.0827. The zero-order chi connectivity index (χ0) is 13.8. The van der Waals surface area contributed by atoms with Gasteiger partial charge in [-0.2, -0.15) is 0 Å². The third kappa shape index (κ3) is 3.32. The monoisotopic (exact) mass is 275 g/mol. The molecule has 0 aliphatic rings. The van der Waals surface area contributed by atoms with E-state index >= 15 is 0 Å². The van der Waals surface area contributed by atoms with E-state index < -0.39 is 0 Å². The van der Waals surface area contributed by atoms with E-state index in [0.29, 0.717) is 5.56 Å². The van der Waals surface area contributed by atoms with Crippen molar-refractivity contribution in [2.75, 3.05) is 19.4 Å². The van der Waals surface area contributed by atoms with Crippen molar-refractivity contribution in [1.29, 1.82) is 0 Å². The van der Waals surface area contributed by atoms with Gasteiger partial charge in [-0.05, 0) is 25.1 Å². The largest absolute Gasteiger partial charge is 0.380 e. The van der Waals surface area contributed by atoms with Gasteiger partial charge in [0.1, 0.15) is 0 Å². The minimum atomic E-state index is 0.0117. The van der Waals surface area contributed by atoms with Crippen LogP contribution in [0.25, 0.3) is 0 Å². The van der Waals surface area contributed by atoms with Gasteiger partial charge < -0.3 is 10.2 Å². The molecule has 0 aliphatic carbocycles. The number of nitrogens with zero attached hydrogens (tertiary/aromatic N) is 2. The fourth-order valence-electron chi connectivity index (χ4n) is 1.70. The van der Waals surface area contributed by atoms with Crippen LogP contribution >= 0.6 is 11.3 Å². The number of hydrogen-bond acceptors (Lipinski definition) is 4. The van der Waals surface area contributed by atoms with Gasteiger partial charge in [-0.1, -0.05) is 6.07 Å². The van der Waals surface area contributed by atoms with Crippen molar-refractivity contribution >= 4 is 22.9 Å². The second-order valence-corrected chi connectivity index (χ2v) is 5.43. The molecule has 0 saturated carbocycles. The van der Waals surface area contributed by atoms with Gasteiger partial charge in [-0.25, -0.2) is 4.98 Å². The lowest BCUT2D eigenvalue weighted by atomic mass is 10.2. The highest BCUT2D eigenvalue weighted by Crippen LogP contribution is 2.16. The quantitative estimate of drug-likeness (QED) is 0.933. The first-order valence-corrected chi connectivity index (χ1v) is 6.90. The van der Waals surface area contributed by atoms with Crippen molar-refractivity contribution in [3.8, 4) is 0 Å². The van der Waals surface area contributed by atoms with Gasteiger partial charge in [-0.3, -0.25) is 4.79 Å². The molecule has 0 unspecified atom stereocenters. The summed E-state index contributed by atoms with van der Waals surface area (Å²) in [5, 5.41) is 3.32. The predicted octanol–water partition coefficient (Wildman–Crippen LogP) is 2.77. The van der Waals surface area contributed by atoms with Crippen LogP contribution in [0.2, 0.25) is 0 Å². The Morgan fingerprint density at radius 3 is 2.84 bits per heavy atom. The van der Waals surface area contributed by atoms with Crippen LogP contribution in [-0.4, -0.2) is 29.9 Å². The Balaban J connectivity index is 2.07. The highest BCUT2D eigenvalue weighted by atomic mass is 32.1. The standard InChI is InChI=1S/C14H17N3OS/c1-10-13(19-9-16-10)8-15-12-6-4-5-11(7-12)14(18)17(2)3/h4-7,9,15H,8H2,1-3H3. The van der Waals surface area contributed by atoms with E-state index in [1.807, 2.05) is 36.7 Å². The summed E-state index contributed by atoms with van der Waals surface area (Å²) < 4.78 is 0. The number of nitrogens with one attached hydrogen (secondary N) is 1. The van der Waals surface area contributed by atoms with Crippen molar-refractivity contribution < 1.29 is 4.79 Å². The summed E-state index contributed by atoms with van der Waals surface area (Å²) in [6, 6.07) is 7.55. The third-order valence-corrected chi connectivity index (χ3v) is 3.75. The number of rotatable bonds is 4. The minimum absolute atomic E-state index is 0.0117. The van der Waals surface area contributed by atoms with Crippen LogP contribution in [0.5, 0.6) is 0 Å². The van der Waals surface area contributed by atoms with Crippen LogP contribution in [0.15, 0.2) is 29.8 Å². The van der Waals surface area contributed by atoms with E-state index in [4.69, 9.17) is 0 Å². The molecule has 5 heteroatoms. The molecule has 1 aromatic heterocycles. The molecule has 0 atom stereocenters. The topological polar surface area (TPSA) is 45.2 Å². The molecular weight excluding hydrogens is 258 g/mol. The first-order valence-electron chi connectivity index (χ1n) is 6.02. The van der Waals surface area contributed by atoms with Crippen molar-refractivity contribution in [3.63, 3.8) is 0 Å². The lowest BCUT2D eigenvalue weighted by Crippen LogP contribution is -2.21. The van der Waals surface area contributed by atoms with Crippen LogP contribution in [0, 0.1) is 6.92 Å². The van der Waals surface area contributed by atoms with Crippen LogP contribution in [0.4, 0.5) is 5.69 Å². The first kappa shape index (κ1) is 13.5. The van der Waals surface area contributed by atoms with Gasteiger partial charge in [0.2, 0.25) is 0 Å². The van der Waals surface area contributed by atoms with Crippen molar-refractivity contribution in [2.24, 2.45) is 0 Å². The average molecular weight is 275 g/mol. The zero-order valence-electron chi connectivity index (χ0n) is 11.3. The summed E-state index contributed by atoms with van der Waals surface area (Å²) in [6.45, 7) is 2.73. The Hall–Kier alpha value is -1.88. The molecule has 0 radical (unpaired) electrons. The van der Waals surface area contributed by atoms with Gasteiger partial charge in [0.25, 0.3) is 5.91 Å². The average Bonchev–Trinajstić information content (AvgIpc) is 2.81. The number of anilines is 1. The number of hydrogen-bond donors (Lipinski definition) is 1. The predicted molar refractivity (Wildman–Crippen MR) is 78.6 cm³/mol. The van der Waals surface area contributed by atoms with Gasteiger partial charge in [0.15, 0.2) is 0 Å². The van der Waals surface area contributed by atoms with Gasteiger partial charge >= 0.3 is 0 Å². The normalized spacial score (nSPS) is 10.3. The summed E-state index contributed by atoms with van der Waals surface area (Å²) in [5.74, 6) is 0.0117. The number of benzene rings is 1. The Bertz CT molecular complexity index is 578. The van der Waals surface area contributed by atoms with E-state index in [1.165, 1.54) is 4.88 Å². The summed E-state index contributed by atoms with van der Waals surface area (Å²) in [5.41, 5.74) is 4.53. The highest BCUT2D eigenvalue weighted by molar-refractivity contribution is 7.09. The SMILES string of the molecule is Cc1ncsc1CNc1cccc(C(=O)N(C)C)c1. The molecule has 1 N–H and O–H groups in total. The number of carbonyl (C=O) groups excluding carboxylic acids is 1. The number of aryl methyl sites for hydroxylation is 1. The molecular formula is C14H17N3OS. The molecule has 2 aromatic rings. The van der Waals surface area contributed by atoms with E-state index in [1.54, 1.807) is 30.3 Å². The van der Waals surface area contributed by atoms with Crippen molar-refractivity contribution in [2.45, 2.75) is 13.5 Å². The molecule has 100 valence electrons. The van der Waals surface area contributed by atoms with Gasteiger partial charge in [0, 0.05) is 30.2 Å². The smallest absolute Gasteiger partial charge is 0.253 e. The van der Waals surface area contributed by atoms with Crippen molar-refractivity contribution in [1.82, 2.24) is 9.88 Å². The van der Waals surface area contributed by atoms with E-state index in [-0.39, 0.29) is 5.91 Å².